The maximum absolute atomic E-state index is 3.38. The molecule has 0 atom stereocenters. The summed E-state index contributed by atoms with van der Waals surface area (Å²) in [6.07, 6.45) is 2.55. The van der Waals surface area contributed by atoms with E-state index in [4.69, 9.17) is 0 Å². The van der Waals surface area contributed by atoms with E-state index in [2.05, 4.69) is 24.5 Å². The maximum atomic E-state index is 3.38. The molecule has 0 fully saturated rings. The predicted molar refractivity (Wildman–Crippen MR) is 46.3 cm³/mol. The average Bonchev–Trinajstić information content (AvgIpc) is 1.87. The van der Waals surface area contributed by atoms with Crippen LogP contribution in [0.4, 0.5) is 0 Å². The number of rotatable bonds is 6. The Bertz CT molecular complexity index is 62.3. The van der Waals surface area contributed by atoms with Crippen molar-refractivity contribution in [3.8, 4) is 0 Å². The van der Waals surface area contributed by atoms with Crippen LogP contribution >= 0.6 is 0 Å². The van der Waals surface area contributed by atoms with E-state index in [1.165, 1.54) is 12.8 Å². The van der Waals surface area contributed by atoms with Gasteiger partial charge in [0.15, 0.2) is 0 Å². The maximum Gasteiger partial charge on any atom is 0.00103 e. The topological polar surface area (TPSA) is 24.1 Å². The first kappa shape index (κ1) is 9.92. The number of hydrogen-bond acceptors (Lipinski definition) is 2. The van der Waals surface area contributed by atoms with Gasteiger partial charge in [0.2, 0.25) is 0 Å². The highest BCUT2D eigenvalue weighted by Gasteiger charge is 1.90. The van der Waals surface area contributed by atoms with E-state index in [1.807, 2.05) is 7.05 Å². The van der Waals surface area contributed by atoms with Gasteiger partial charge in [-0.15, -0.1) is 0 Å². The standard InChI is InChI=1S/C8H20N2/c1-8(2)10-7-5-4-6-9-3/h8-10H,4-7H2,1-3H3. The zero-order valence-corrected chi connectivity index (χ0v) is 7.41. The summed E-state index contributed by atoms with van der Waals surface area (Å²) < 4.78 is 0. The van der Waals surface area contributed by atoms with Crippen LogP contribution in [0.2, 0.25) is 0 Å². The van der Waals surface area contributed by atoms with E-state index in [1.54, 1.807) is 0 Å². The quantitative estimate of drug-likeness (QED) is 0.543. The van der Waals surface area contributed by atoms with Crippen molar-refractivity contribution >= 4 is 0 Å². The molecule has 0 bridgehead atoms. The third kappa shape index (κ3) is 7.92. The van der Waals surface area contributed by atoms with Gasteiger partial charge in [0, 0.05) is 6.04 Å². The molecule has 0 rings (SSSR count). The summed E-state index contributed by atoms with van der Waals surface area (Å²) >= 11 is 0. The summed E-state index contributed by atoms with van der Waals surface area (Å²) in [5.74, 6) is 0. The fraction of sp³-hybridized carbons (Fsp3) is 1.00. The summed E-state index contributed by atoms with van der Waals surface area (Å²) in [6.45, 7) is 6.65. The SMILES string of the molecule is CNCCCCNC(C)C. The Labute approximate surface area is 64.4 Å². The molecular formula is C8H20N2. The highest BCUT2D eigenvalue weighted by Crippen LogP contribution is 1.85. The minimum atomic E-state index is 0.634. The first-order valence-electron chi connectivity index (χ1n) is 4.15. The lowest BCUT2D eigenvalue weighted by atomic mass is 10.3. The molecule has 0 amide bonds. The second-order valence-corrected chi connectivity index (χ2v) is 2.92. The van der Waals surface area contributed by atoms with E-state index < -0.39 is 0 Å². The highest BCUT2D eigenvalue weighted by atomic mass is 14.9. The van der Waals surface area contributed by atoms with Crippen LogP contribution in [0, 0.1) is 0 Å². The largest absolute Gasteiger partial charge is 0.320 e. The molecule has 0 unspecified atom stereocenters. The molecule has 2 N–H and O–H groups in total. The molecule has 0 aromatic rings. The van der Waals surface area contributed by atoms with Crippen molar-refractivity contribution < 1.29 is 0 Å². The van der Waals surface area contributed by atoms with Crippen LogP contribution in [-0.4, -0.2) is 26.2 Å². The third-order valence-electron chi connectivity index (χ3n) is 1.41. The van der Waals surface area contributed by atoms with Crippen molar-refractivity contribution in [2.24, 2.45) is 0 Å². The molecule has 0 radical (unpaired) electrons. The molecule has 0 aliphatic heterocycles. The van der Waals surface area contributed by atoms with Gasteiger partial charge in [-0.2, -0.15) is 0 Å². The van der Waals surface area contributed by atoms with Gasteiger partial charge in [-0.05, 0) is 33.0 Å². The summed E-state index contributed by atoms with van der Waals surface area (Å²) in [5.41, 5.74) is 0. The van der Waals surface area contributed by atoms with Crippen LogP contribution < -0.4 is 10.6 Å². The minimum Gasteiger partial charge on any atom is -0.320 e. The normalized spacial score (nSPS) is 10.8. The second kappa shape index (κ2) is 7.03. The Hall–Kier alpha value is -0.0800. The number of hydrogen-bond donors (Lipinski definition) is 2. The Morgan fingerprint density at radius 3 is 2.20 bits per heavy atom. The molecule has 2 nitrogen and oxygen atoms in total. The monoisotopic (exact) mass is 144 g/mol. The van der Waals surface area contributed by atoms with Crippen LogP contribution in [0.15, 0.2) is 0 Å². The molecule has 10 heavy (non-hydrogen) atoms. The predicted octanol–water partition coefficient (Wildman–Crippen LogP) is 0.984. The van der Waals surface area contributed by atoms with Gasteiger partial charge in [-0.25, -0.2) is 0 Å². The van der Waals surface area contributed by atoms with Gasteiger partial charge in [0.05, 0.1) is 0 Å². The lowest BCUT2D eigenvalue weighted by molar-refractivity contribution is 0.551. The van der Waals surface area contributed by atoms with Crippen molar-refractivity contribution in [1.82, 2.24) is 10.6 Å². The molecule has 0 aromatic carbocycles. The molecule has 0 saturated heterocycles. The van der Waals surface area contributed by atoms with Crippen molar-refractivity contribution in [1.29, 1.82) is 0 Å². The third-order valence-corrected chi connectivity index (χ3v) is 1.41. The molecule has 0 aliphatic carbocycles. The van der Waals surface area contributed by atoms with E-state index in [0.29, 0.717) is 6.04 Å². The number of nitrogens with one attached hydrogen (secondary N) is 2. The van der Waals surface area contributed by atoms with Gasteiger partial charge < -0.3 is 10.6 Å². The zero-order chi connectivity index (χ0) is 7.82. The first-order valence-corrected chi connectivity index (χ1v) is 4.15. The van der Waals surface area contributed by atoms with Crippen LogP contribution in [0.25, 0.3) is 0 Å². The molecule has 0 saturated carbocycles. The Kier molecular flexibility index (Phi) is 6.98. The van der Waals surface area contributed by atoms with Crippen LogP contribution in [0.1, 0.15) is 26.7 Å². The summed E-state index contributed by atoms with van der Waals surface area (Å²) in [7, 11) is 2.00. The van der Waals surface area contributed by atoms with E-state index in [-0.39, 0.29) is 0 Å². The molecule has 62 valence electrons. The van der Waals surface area contributed by atoms with Gasteiger partial charge in [0.1, 0.15) is 0 Å². The minimum absolute atomic E-state index is 0.634. The van der Waals surface area contributed by atoms with Gasteiger partial charge >= 0.3 is 0 Å². The Morgan fingerprint density at radius 2 is 1.70 bits per heavy atom. The van der Waals surface area contributed by atoms with E-state index in [9.17, 15) is 0 Å². The second-order valence-electron chi connectivity index (χ2n) is 2.92. The van der Waals surface area contributed by atoms with Crippen molar-refractivity contribution in [3.63, 3.8) is 0 Å². The molecular weight excluding hydrogens is 124 g/mol. The molecule has 0 aromatic heterocycles. The lowest BCUT2D eigenvalue weighted by Crippen LogP contribution is -2.24. The summed E-state index contributed by atoms with van der Waals surface area (Å²) in [6, 6.07) is 0.634. The molecule has 0 aliphatic rings. The first-order chi connectivity index (χ1) is 4.77. The van der Waals surface area contributed by atoms with Crippen LogP contribution in [0.3, 0.4) is 0 Å². The Morgan fingerprint density at radius 1 is 1.10 bits per heavy atom. The fourth-order valence-corrected chi connectivity index (χ4v) is 0.818. The highest BCUT2D eigenvalue weighted by molar-refractivity contribution is 4.53. The fourth-order valence-electron chi connectivity index (χ4n) is 0.818. The molecule has 0 heterocycles. The van der Waals surface area contributed by atoms with Crippen molar-refractivity contribution in [3.05, 3.63) is 0 Å². The van der Waals surface area contributed by atoms with Crippen LogP contribution in [-0.2, 0) is 0 Å². The smallest absolute Gasteiger partial charge is 0.00103 e. The average molecular weight is 144 g/mol. The van der Waals surface area contributed by atoms with E-state index >= 15 is 0 Å². The van der Waals surface area contributed by atoms with Crippen molar-refractivity contribution in [2.75, 3.05) is 20.1 Å². The van der Waals surface area contributed by atoms with Gasteiger partial charge in [0.25, 0.3) is 0 Å². The Balaban J connectivity index is 2.77. The molecule has 2 heteroatoms. The van der Waals surface area contributed by atoms with Crippen molar-refractivity contribution in [2.45, 2.75) is 32.7 Å². The zero-order valence-electron chi connectivity index (χ0n) is 7.41. The number of unbranched alkanes of at least 4 members (excludes halogenated alkanes) is 1. The van der Waals surface area contributed by atoms with E-state index in [0.717, 1.165) is 13.1 Å². The molecule has 0 spiro atoms. The van der Waals surface area contributed by atoms with Gasteiger partial charge in [-0.3, -0.25) is 0 Å². The van der Waals surface area contributed by atoms with Gasteiger partial charge in [-0.1, -0.05) is 13.8 Å². The summed E-state index contributed by atoms with van der Waals surface area (Å²) in [4.78, 5) is 0. The summed E-state index contributed by atoms with van der Waals surface area (Å²) in [5, 5.41) is 6.50. The lowest BCUT2D eigenvalue weighted by Gasteiger charge is -2.06. The van der Waals surface area contributed by atoms with Crippen LogP contribution in [0.5, 0.6) is 0 Å².